The van der Waals surface area contributed by atoms with Crippen molar-refractivity contribution in [1.82, 2.24) is 4.90 Å². The predicted molar refractivity (Wildman–Crippen MR) is 78.4 cm³/mol. The van der Waals surface area contributed by atoms with Crippen molar-refractivity contribution < 1.29 is 9.59 Å². The Morgan fingerprint density at radius 3 is 2.60 bits per heavy atom. The smallest absolute Gasteiger partial charge is 0.255 e. The van der Waals surface area contributed by atoms with Gasteiger partial charge >= 0.3 is 0 Å². The average molecular weight is 276 g/mol. The second-order valence-electron chi connectivity index (χ2n) is 5.31. The molecule has 1 aromatic carbocycles. The van der Waals surface area contributed by atoms with Crippen LogP contribution in [0.15, 0.2) is 18.2 Å². The van der Waals surface area contributed by atoms with Gasteiger partial charge in [0.1, 0.15) is 0 Å². The summed E-state index contributed by atoms with van der Waals surface area (Å²) in [7, 11) is 3.41. The van der Waals surface area contributed by atoms with Crippen LogP contribution in [0.5, 0.6) is 0 Å². The van der Waals surface area contributed by atoms with E-state index in [2.05, 4.69) is 0 Å². The molecule has 1 aliphatic rings. The summed E-state index contributed by atoms with van der Waals surface area (Å²) in [5.41, 5.74) is 13.1. The van der Waals surface area contributed by atoms with Gasteiger partial charge in [0.15, 0.2) is 0 Å². The number of nitrogens with zero attached hydrogens (tertiary/aromatic N) is 2. The number of nitrogen functional groups attached to an aromatic ring is 1. The zero-order valence-corrected chi connectivity index (χ0v) is 11.8. The molecule has 1 aliphatic heterocycles. The van der Waals surface area contributed by atoms with Crippen LogP contribution in [0, 0.1) is 5.92 Å². The number of nitrogens with two attached hydrogens (primary N) is 2. The molecule has 1 atom stereocenters. The Morgan fingerprint density at radius 2 is 2.05 bits per heavy atom. The van der Waals surface area contributed by atoms with Gasteiger partial charge in [-0.25, -0.2) is 0 Å². The minimum atomic E-state index is -0.295. The maximum Gasteiger partial charge on any atom is 0.255 e. The summed E-state index contributed by atoms with van der Waals surface area (Å²) in [4.78, 5) is 27.0. The minimum absolute atomic E-state index is 0.0810. The SMILES string of the molecule is CN(C)C(=O)c1ccc(N)cc1N1CCC(C(N)=O)C1. The zero-order chi connectivity index (χ0) is 14.9. The lowest BCUT2D eigenvalue weighted by atomic mass is 10.1. The number of hydrogen-bond donors (Lipinski definition) is 2. The lowest BCUT2D eigenvalue weighted by molar-refractivity contribution is -0.121. The van der Waals surface area contributed by atoms with Crippen LogP contribution < -0.4 is 16.4 Å². The van der Waals surface area contributed by atoms with Gasteiger partial charge in [0, 0.05) is 32.9 Å². The van der Waals surface area contributed by atoms with Gasteiger partial charge in [0.25, 0.3) is 5.91 Å². The zero-order valence-electron chi connectivity index (χ0n) is 11.8. The summed E-state index contributed by atoms with van der Waals surface area (Å²) >= 11 is 0. The molecule has 1 fully saturated rings. The van der Waals surface area contributed by atoms with E-state index in [1.807, 2.05) is 4.90 Å². The average Bonchev–Trinajstić information content (AvgIpc) is 2.87. The molecule has 0 aliphatic carbocycles. The van der Waals surface area contributed by atoms with E-state index in [9.17, 15) is 9.59 Å². The molecule has 0 radical (unpaired) electrons. The van der Waals surface area contributed by atoms with E-state index < -0.39 is 0 Å². The molecule has 0 saturated carbocycles. The monoisotopic (exact) mass is 276 g/mol. The van der Waals surface area contributed by atoms with Crippen molar-refractivity contribution >= 4 is 23.2 Å². The first-order chi connectivity index (χ1) is 9.40. The molecule has 0 bridgehead atoms. The summed E-state index contributed by atoms with van der Waals surface area (Å²) in [6.07, 6.45) is 0.708. The van der Waals surface area contributed by atoms with Crippen molar-refractivity contribution in [2.75, 3.05) is 37.8 Å². The second-order valence-corrected chi connectivity index (χ2v) is 5.31. The highest BCUT2D eigenvalue weighted by Gasteiger charge is 2.29. The van der Waals surface area contributed by atoms with Gasteiger partial charge in [-0.3, -0.25) is 9.59 Å². The van der Waals surface area contributed by atoms with Gasteiger partial charge in [-0.05, 0) is 24.6 Å². The van der Waals surface area contributed by atoms with Crippen LogP contribution in [-0.2, 0) is 4.79 Å². The fraction of sp³-hybridized carbons (Fsp3) is 0.429. The Bertz CT molecular complexity index is 542. The Labute approximate surface area is 118 Å². The summed E-state index contributed by atoms with van der Waals surface area (Å²) in [5.74, 6) is -0.543. The third-order valence-corrected chi connectivity index (χ3v) is 3.59. The summed E-state index contributed by atoms with van der Waals surface area (Å²) in [5, 5.41) is 0. The van der Waals surface area contributed by atoms with E-state index in [1.54, 1.807) is 32.3 Å². The van der Waals surface area contributed by atoms with E-state index in [-0.39, 0.29) is 17.7 Å². The number of carbonyl (C=O) groups excluding carboxylic acids is 2. The molecule has 1 saturated heterocycles. The van der Waals surface area contributed by atoms with Gasteiger partial charge in [-0.1, -0.05) is 0 Å². The Morgan fingerprint density at radius 1 is 1.35 bits per heavy atom. The standard InChI is InChI=1S/C14H20N4O2/c1-17(2)14(20)11-4-3-10(15)7-12(11)18-6-5-9(8-18)13(16)19/h3-4,7,9H,5-6,8,15H2,1-2H3,(H2,16,19). The van der Waals surface area contributed by atoms with Crippen molar-refractivity contribution in [2.24, 2.45) is 11.7 Å². The maximum atomic E-state index is 12.2. The minimum Gasteiger partial charge on any atom is -0.399 e. The van der Waals surface area contributed by atoms with E-state index in [4.69, 9.17) is 11.5 Å². The third-order valence-electron chi connectivity index (χ3n) is 3.59. The molecule has 2 amide bonds. The quantitative estimate of drug-likeness (QED) is 0.776. The fourth-order valence-electron chi connectivity index (χ4n) is 2.44. The molecular weight excluding hydrogens is 256 g/mol. The number of hydrogen-bond acceptors (Lipinski definition) is 4. The van der Waals surface area contributed by atoms with Crippen LogP contribution in [0.2, 0.25) is 0 Å². The van der Waals surface area contributed by atoms with Crippen LogP contribution in [-0.4, -0.2) is 43.9 Å². The molecule has 6 nitrogen and oxygen atoms in total. The van der Waals surface area contributed by atoms with Gasteiger partial charge < -0.3 is 21.3 Å². The van der Waals surface area contributed by atoms with E-state index in [0.717, 1.165) is 5.69 Å². The highest BCUT2D eigenvalue weighted by molar-refractivity contribution is 6.00. The van der Waals surface area contributed by atoms with Gasteiger partial charge in [0.2, 0.25) is 5.91 Å². The lowest BCUT2D eigenvalue weighted by Crippen LogP contribution is -2.29. The van der Waals surface area contributed by atoms with E-state index in [0.29, 0.717) is 30.8 Å². The maximum absolute atomic E-state index is 12.2. The van der Waals surface area contributed by atoms with Crippen molar-refractivity contribution in [1.29, 1.82) is 0 Å². The number of rotatable bonds is 3. The number of amides is 2. The normalized spacial score (nSPS) is 18.1. The first kappa shape index (κ1) is 14.2. The molecule has 4 N–H and O–H groups in total. The largest absolute Gasteiger partial charge is 0.399 e. The highest BCUT2D eigenvalue weighted by atomic mass is 16.2. The van der Waals surface area contributed by atoms with Crippen LogP contribution >= 0.6 is 0 Å². The first-order valence-corrected chi connectivity index (χ1v) is 6.55. The van der Waals surface area contributed by atoms with Crippen molar-refractivity contribution in [3.8, 4) is 0 Å². The topological polar surface area (TPSA) is 92.7 Å². The Balaban J connectivity index is 2.33. The van der Waals surface area contributed by atoms with Crippen LogP contribution in [0.4, 0.5) is 11.4 Å². The number of carbonyl (C=O) groups is 2. The molecule has 108 valence electrons. The molecule has 1 heterocycles. The number of benzene rings is 1. The lowest BCUT2D eigenvalue weighted by Gasteiger charge is -2.23. The third kappa shape index (κ3) is 2.68. The Kier molecular flexibility index (Phi) is 3.83. The van der Waals surface area contributed by atoms with Crippen molar-refractivity contribution in [3.63, 3.8) is 0 Å². The molecule has 1 unspecified atom stereocenters. The molecule has 0 spiro atoms. The first-order valence-electron chi connectivity index (χ1n) is 6.55. The van der Waals surface area contributed by atoms with Crippen molar-refractivity contribution in [3.05, 3.63) is 23.8 Å². The molecule has 6 heteroatoms. The summed E-state index contributed by atoms with van der Waals surface area (Å²) < 4.78 is 0. The van der Waals surface area contributed by atoms with Gasteiger partial charge in [-0.15, -0.1) is 0 Å². The second kappa shape index (κ2) is 5.40. The van der Waals surface area contributed by atoms with E-state index in [1.165, 1.54) is 4.90 Å². The van der Waals surface area contributed by atoms with Crippen LogP contribution in [0.25, 0.3) is 0 Å². The number of primary amides is 1. The van der Waals surface area contributed by atoms with Gasteiger partial charge in [0.05, 0.1) is 17.2 Å². The van der Waals surface area contributed by atoms with Gasteiger partial charge in [-0.2, -0.15) is 0 Å². The molecule has 0 aromatic heterocycles. The molecule has 1 aromatic rings. The van der Waals surface area contributed by atoms with E-state index >= 15 is 0 Å². The highest BCUT2D eigenvalue weighted by Crippen LogP contribution is 2.29. The summed E-state index contributed by atoms with van der Waals surface area (Å²) in [6, 6.07) is 5.21. The summed E-state index contributed by atoms with van der Waals surface area (Å²) in [6.45, 7) is 1.23. The van der Waals surface area contributed by atoms with Crippen LogP contribution in [0.3, 0.4) is 0 Å². The molecule has 2 rings (SSSR count). The fourth-order valence-corrected chi connectivity index (χ4v) is 2.44. The predicted octanol–water partition coefficient (Wildman–Crippen LogP) is 0.282. The molecular formula is C14H20N4O2. The van der Waals surface area contributed by atoms with Crippen molar-refractivity contribution in [2.45, 2.75) is 6.42 Å². The number of anilines is 2. The van der Waals surface area contributed by atoms with Crippen LogP contribution in [0.1, 0.15) is 16.8 Å². The molecule has 20 heavy (non-hydrogen) atoms. The Hall–Kier alpha value is -2.24.